The maximum absolute atomic E-state index is 11.5. The third-order valence-corrected chi connectivity index (χ3v) is 3.56. The average molecular weight is 225 g/mol. The van der Waals surface area contributed by atoms with Crippen LogP contribution in [0.5, 0.6) is 0 Å². The van der Waals surface area contributed by atoms with Gasteiger partial charge in [-0.3, -0.25) is 9.59 Å². The van der Waals surface area contributed by atoms with Crippen molar-refractivity contribution < 1.29 is 14.3 Å². The molecular formula is C12H19NO3. The van der Waals surface area contributed by atoms with Crippen LogP contribution in [-0.2, 0) is 14.3 Å². The third-order valence-electron chi connectivity index (χ3n) is 3.56. The van der Waals surface area contributed by atoms with E-state index in [-0.39, 0.29) is 29.8 Å². The first-order valence-corrected chi connectivity index (χ1v) is 6.09. The van der Waals surface area contributed by atoms with Crippen molar-refractivity contribution in [3.05, 3.63) is 0 Å². The number of nitrogens with one attached hydrogen (secondary N) is 1. The fraction of sp³-hybridized carbons (Fsp3) is 0.833. The van der Waals surface area contributed by atoms with Crippen LogP contribution >= 0.6 is 0 Å². The molecule has 2 aliphatic rings. The Kier molecular flexibility index (Phi) is 3.46. The predicted molar refractivity (Wildman–Crippen MR) is 58.6 cm³/mol. The molecule has 0 aliphatic heterocycles. The van der Waals surface area contributed by atoms with E-state index in [1.165, 1.54) is 7.11 Å². The Morgan fingerprint density at radius 1 is 1.00 bits per heavy atom. The minimum absolute atomic E-state index is 0.0408. The summed E-state index contributed by atoms with van der Waals surface area (Å²) < 4.78 is 4.73. The van der Waals surface area contributed by atoms with E-state index < -0.39 is 0 Å². The lowest BCUT2D eigenvalue weighted by atomic mass is 9.86. The van der Waals surface area contributed by atoms with Gasteiger partial charge in [0.25, 0.3) is 0 Å². The molecule has 0 radical (unpaired) electrons. The summed E-state index contributed by atoms with van der Waals surface area (Å²) >= 11 is 0. The lowest BCUT2D eigenvalue weighted by molar-refractivity contribution is -0.146. The van der Waals surface area contributed by atoms with Crippen LogP contribution in [0.1, 0.15) is 38.5 Å². The Morgan fingerprint density at radius 2 is 1.56 bits per heavy atom. The summed E-state index contributed by atoms with van der Waals surface area (Å²) in [6, 6.07) is 0.272. The first kappa shape index (κ1) is 11.4. The molecule has 0 atom stereocenters. The molecule has 2 fully saturated rings. The number of methoxy groups -OCH3 is 1. The highest BCUT2D eigenvalue weighted by molar-refractivity contribution is 5.81. The van der Waals surface area contributed by atoms with Crippen LogP contribution in [0.3, 0.4) is 0 Å². The molecule has 0 spiro atoms. The zero-order chi connectivity index (χ0) is 11.5. The Morgan fingerprint density at radius 3 is 2.06 bits per heavy atom. The number of carbonyl (C=O) groups excluding carboxylic acids is 2. The molecule has 0 aromatic heterocycles. The van der Waals surface area contributed by atoms with Gasteiger partial charge in [-0.1, -0.05) is 0 Å². The van der Waals surface area contributed by atoms with Crippen molar-refractivity contribution in [2.75, 3.05) is 7.11 Å². The van der Waals surface area contributed by atoms with Gasteiger partial charge in [-0.15, -0.1) is 0 Å². The lowest BCUT2D eigenvalue weighted by Crippen LogP contribution is -2.39. The topological polar surface area (TPSA) is 55.4 Å². The van der Waals surface area contributed by atoms with E-state index in [2.05, 4.69) is 5.32 Å². The van der Waals surface area contributed by atoms with E-state index in [1.807, 2.05) is 0 Å². The van der Waals surface area contributed by atoms with Crippen LogP contribution in [0, 0.1) is 11.8 Å². The van der Waals surface area contributed by atoms with Gasteiger partial charge in [0.05, 0.1) is 13.0 Å². The van der Waals surface area contributed by atoms with Gasteiger partial charge >= 0.3 is 5.97 Å². The molecule has 2 aliphatic carbocycles. The molecule has 16 heavy (non-hydrogen) atoms. The van der Waals surface area contributed by atoms with Crippen molar-refractivity contribution in [1.29, 1.82) is 0 Å². The van der Waals surface area contributed by atoms with Gasteiger partial charge in [0.15, 0.2) is 0 Å². The van der Waals surface area contributed by atoms with Crippen LogP contribution < -0.4 is 5.32 Å². The second kappa shape index (κ2) is 4.85. The van der Waals surface area contributed by atoms with Crippen LogP contribution in [0.15, 0.2) is 0 Å². The monoisotopic (exact) mass is 225 g/mol. The second-order valence-electron chi connectivity index (χ2n) is 4.85. The van der Waals surface area contributed by atoms with Crippen molar-refractivity contribution in [1.82, 2.24) is 5.32 Å². The molecular weight excluding hydrogens is 206 g/mol. The highest BCUT2D eigenvalue weighted by Gasteiger charge is 2.33. The van der Waals surface area contributed by atoms with Gasteiger partial charge in [0.2, 0.25) is 5.91 Å². The van der Waals surface area contributed by atoms with Gasteiger partial charge < -0.3 is 10.1 Å². The number of esters is 1. The zero-order valence-corrected chi connectivity index (χ0v) is 9.70. The number of hydrogen-bond donors (Lipinski definition) is 1. The molecule has 0 heterocycles. The standard InChI is InChI=1S/C12H19NO3/c1-16-12(15)9-4-6-10(7-5-9)13-11(14)8-2-3-8/h8-10H,2-7H2,1H3,(H,13,14). The molecule has 4 nitrogen and oxygen atoms in total. The number of amides is 1. The summed E-state index contributed by atoms with van der Waals surface area (Å²) in [5.41, 5.74) is 0. The molecule has 2 rings (SSSR count). The molecule has 2 saturated carbocycles. The van der Waals surface area contributed by atoms with E-state index in [4.69, 9.17) is 4.74 Å². The second-order valence-corrected chi connectivity index (χ2v) is 4.85. The highest BCUT2D eigenvalue weighted by Crippen LogP contribution is 2.30. The van der Waals surface area contributed by atoms with Crippen molar-refractivity contribution in [3.63, 3.8) is 0 Å². The summed E-state index contributed by atoms with van der Waals surface area (Å²) in [5.74, 6) is 0.422. The maximum atomic E-state index is 11.5. The number of carbonyl (C=O) groups is 2. The van der Waals surface area contributed by atoms with Gasteiger partial charge in [0, 0.05) is 12.0 Å². The maximum Gasteiger partial charge on any atom is 0.308 e. The highest BCUT2D eigenvalue weighted by atomic mass is 16.5. The molecule has 0 saturated heterocycles. The Bertz CT molecular complexity index is 278. The quantitative estimate of drug-likeness (QED) is 0.735. The smallest absolute Gasteiger partial charge is 0.308 e. The van der Waals surface area contributed by atoms with Crippen LogP contribution in [0.4, 0.5) is 0 Å². The fourth-order valence-corrected chi connectivity index (χ4v) is 2.30. The number of ether oxygens (including phenoxy) is 1. The Hall–Kier alpha value is -1.06. The summed E-state index contributed by atoms with van der Waals surface area (Å²) in [7, 11) is 1.43. The Balaban J connectivity index is 1.72. The van der Waals surface area contributed by atoms with Crippen molar-refractivity contribution in [3.8, 4) is 0 Å². The summed E-state index contributed by atoms with van der Waals surface area (Å²) in [5, 5.41) is 3.07. The van der Waals surface area contributed by atoms with E-state index in [0.717, 1.165) is 38.5 Å². The minimum Gasteiger partial charge on any atom is -0.469 e. The zero-order valence-electron chi connectivity index (χ0n) is 9.70. The number of rotatable bonds is 3. The van der Waals surface area contributed by atoms with Gasteiger partial charge in [-0.25, -0.2) is 0 Å². The molecule has 0 bridgehead atoms. The first-order chi connectivity index (χ1) is 7.70. The van der Waals surface area contributed by atoms with Crippen molar-refractivity contribution >= 4 is 11.9 Å². The Labute approximate surface area is 95.7 Å². The van der Waals surface area contributed by atoms with E-state index in [9.17, 15) is 9.59 Å². The van der Waals surface area contributed by atoms with E-state index in [0.29, 0.717) is 0 Å². The average Bonchev–Trinajstić information content (AvgIpc) is 3.13. The van der Waals surface area contributed by atoms with E-state index in [1.54, 1.807) is 0 Å². The van der Waals surface area contributed by atoms with Crippen LogP contribution in [-0.4, -0.2) is 25.0 Å². The van der Waals surface area contributed by atoms with Crippen LogP contribution in [0.25, 0.3) is 0 Å². The summed E-state index contributed by atoms with van der Waals surface area (Å²) in [4.78, 5) is 22.8. The van der Waals surface area contributed by atoms with Gasteiger partial charge in [-0.05, 0) is 38.5 Å². The summed E-state index contributed by atoms with van der Waals surface area (Å²) in [6.07, 6.45) is 5.56. The molecule has 0 aromatic carbocycles. The molecule has 0 unspecified atom stereocenters. The lowest BCUT2D eigenvalue weighted by Gasteiger charge is -2.27. The SMILES string of the molecule is COC(=O)C1CCC(NC(=O)C2CC2)CC1. The predicted octanol–water partition coefficient (Wildman–Crippen LogP) is 1.24. The van der Waals surface area contributed by atoms with Gasteiger partial charge in [-0.2, -0.15) is 0 Å². The van der Waals surface area contributed by atoms with Gasteiger partial charge in [0.1, 0.15) is 0 Å². The molecule has 1 N–H and O–H groups in total. The van der Waals surface area contributed by atoms with E-state index >= 15 is 0 Å². The third kappa shape index (κ3) is 2.74. The number of hydrogen-bond acceptors (Lipinski definition) is 3. The van der Waals surface area contributed by atoms with Crippen molar-refractivity contribution in [2.45, 2.75) is 44.6 Å². The summed E-state index contributed by atoms with van der Waals surface area (Å²) in [6.45, 7) is 0. The minimum atomic E-state index is -0.105. The van der Waals surface area contributed by atoms with Crippen LogP contribution in [0.2, 0.25) is 0 Å². The normalized spacial score (nSPS) is 29.6. The molecule has 1 amide bonds. The van der Waals surface area contributed by atoms with Crippen molar-refractivity contribution in [2.24, 2.45) is 11.8 Å². The molecule has 0 aromatic rings. The molecule has 90 valence electrons. The molecule has 4 heteroatoms. The first-order valence-electron chi connectivity index (χ1n) is 6.09. The fourth-order valence-electron chi connectivity index (χ4n) is 2.30. The largest absolute Gasteiger partial charge is 0.469 e.